The van der Waals surface area contributed by atoms with E-state index in [9.17, 15) is 5.26 Å². The summed E-state index contributed by atoms with van der Waals surface area (Å²) < 4.78 is 7.56. The van der Waals surface area contributed by atoms with Crippen LogP contribution in [0.15, 0.2) is 85.1 Å². The lowest BCUT2D eigenvalue weighted by Gasteiger charge is -2.05. The molecule has 0 bridgehead atoms. The second-order valence-electron chi connectivity index (χ2n) is 7.86. The number of nitriles is 1. The van der Waals surface area contributed by atoms with Crippen molar-refractivity contribution in [2.24, 2.45) is 0 Å². The first kappa shape index (κ1) is 21.2. The maximum Gasteiger partial charge on any atom is 0.149 e. The molecule has 0 amide bonds. The molecule has 0 unspecified atom stereocenters. The summed E-state index contributed by atoms with van der Waals surface area (Å²) in [4.78, 5) is 7.84. The SMILES string of the molecule is CCCOc1ccc(-c2nn(-c3ccccc3)cc2/C=C(\C#N)c2nc3ccccc3[nH]2)cc1. The Kier molecular flexibility index (Phi) is 5.91. The minimum absolute atomic E-state index is 0.438. The van der Waals surface area contributed by atoms with E-state index in [1.165, 1.54) is 0 Å². The monoisotopic (exact) mass is 445 g/mol. The third kappa shape index (κ3) is 4.32. The number of nitrogens with zero attached hydrogens (tertiary/aromatic N) is 4. The summed E-state index contributed by atoms with van der Waals surface area (Å²) in [6.07, 6.45) is 4.73. The van der Waals surface area contributed by atoms with Crippen molar-refractivity contribution in [3.8, 4) is 28.8 Å². The van der Waals surface area contributed by atoms with Crippen LogP contribution in [0.3, 0.4) is 0 Å². The molecule has 0 spiro atoms. The quantitative estimate of drug-likeness (QED) is 0.300. The van der Waals surface area contributed by atoms with E-state index in [0.29, 0.717) is 18.0 Å². The number of H-pyrrole nitrogens is 1. The number of para-hydroxylation sites is 3. The average molecular weight is 446 g/mol. The molecule has 0 atom stereocenters. The minimum Gasteiger partial charge on any atom is -0.494 e. The second-order valence-corrected chi connectivity index (χ2v) is 7.86. The van der Waals surface area contributed by atoms with Gasteiger partial charge in [-0.1, -0.05) is 37.3 Å². The second kappa shape index (κ2) is 9.47. The normalized spacial score (nSPS) is 11.5. The van der Waals surface area contributed by atoms with Gasteiger partial charge in [-0.3, -0.25) is 0 Å². The highest BCUT2D eigenvalue weighted by Gasteiger charge is 2.14. The van der Waals surface area contributed by atoms with Gasteiger partial charge in [0.1, 0.15) is 17.6 Å². The van der Waals surface area contributed by atoms with Crippen LogP contribution in [-0.2, 0) is 0 Å². The zero-order valence-corrected chi connectivity index (χ0v) is 18.8. The number of nitrogens with one attached hydrogen (secondary N) is 1. The largest absolute Gasteiger partial charge is 0.494 e. The van der Waals surface area contributed by atoms with Gasteiger partial charge in [0, 0.05) is 17.3 Å². The molecule has 0 radical (unpaired) electrons. The highest BCUT2D eigenvalue weighted by molar-refractivity contribution is 5.92. The van der Waals surface area contributed by atoms with Crippen LogP contribution >= 0.6 is 0 Å². The summed E-state index contributed by atoms with van der Waals surface area (Å²) in [5.74, 6) is 1.36. The highest BCUT2D eigenvalue weighted by atomic mass is 16.5. The molecule has 0 aliphatic heterocycles. The summed E-state index contributed by atoms with van der Waals surface area (Å²) in [6, 6.07) is 27.8. The van der Waals surface area contributed by atoms with E-state index in [1.807, 2.05) is 95.8 Å². The zero-order chi connectivity index (χ0) is 23.3. The molecule has 5 rings (SSSR count). The van der Waals surface area contributed by atoms with Crippen molar-refractivity contribution in [2.45, 2.75) is 13.3 Å². The number of allylic oxidation sites excluding steroid dienone is 1. The number of hydrogen-bond acceptors (Lipinski definition) is 4. The Morgan fingerprint density at radius 1 is 1.03 bits per heavy atom. The Bertz CT molecular complexity index is 1450. The van der Waals surface area contributed by atoms with Crippen molar-refractivity contribution >= 4 is 22.7 Å². The standard InChI is InChI=1S/C28H23N5O/c1-2-16-34-24-14-12-20(13-15-24)27-22(19-33(32-27)23-8-4-3-5-9-23)17-21(18-29)28-30-25-10-6-7-11-26(25)31-28/h3-15,17,19H,2,16H2,1H3,(H,30,31)/b21-17+. The maximum absolute atomic E-state index is 9.95. The lowest BCUT2D eigenvalue weighted by atomic mass is 10.1. The molecule has 0 saturated heterocycles. The van der Waals surface area contributed by atoms with Gasteiger partial charge in [0.25, 0.3) is 0 Å². The maximum atomic E-state index is 9.95. The fraction of sp³-hybridized carbons (Fsp3) is 0.107. The summed E-state index contributed by atoms with van der Waals surface area (Å²) in [5, 5.41) is 14.8. The molecule has 1 N–H and O–H groups in total. The van der Waals surface area contributed by atoms with E-state index in [1.54, 1.807) is 0 Å². The molecule has 5 aromatic rings. The van der Waals surface area contributed by atoms with Gasteiger partial charge in [0.05, 0.1) is 34.6 Å². The van der Waals surface area contributed by atoms with Crippen molar-refractivity contribution in [1.29, 1.82) is 5.26 Å². The number of aromatic amines is 1. The molecule has 6 nitrogen and oxygen atoms in total. The predicted molar refractivity (Wildman–Crippen MR) is 134 cm³/mol. The first-order valence-electron chi connectivity index (χ1n) is 11.2. The van der Waals surface area contributed by atoms with E-state index >= 15 is 0 Å². The molecule has 0 saturated carbocycles. The molecule has 166 valence electrons. The first-order valence-corrected chi connectivity index (χ1v) is 11.2. The van der Waals surface area contributed by atoms with Gasteiger partial charge in [-0.05, 0) is 61.0 Å². The summed E-state index contributed by atoms with van der Waals surface area (Å²) in [7, 11) is 0. The number of ether oxygens (including phenoxy) is 1. The Hall–Kier alpha value is -4.63. The lowest BCUT2D eigenvalue weighted by Crippen LogP contribution is -1.95. The minimum atomic E-state index is 0.438. The number of hydrogen-bond donors (Lipinski definition) is 1. The zero-order valence-electron chi connectivity index (χ0n) is 18.8. The van der Waals surface area contributed by atoms with Crippen LogP contribution in [0.5, 0.6) is 5.75 Å². The highest BCUT2D eigenvalue weighted by Crippen LogP contribution is 2.29. The molecule has 2 aromatic heterocycles. The third-order valence-electron chi connectivity index (χ3n) is 5.43. The van der Waals surface area contributed by atoms with Crippen LogP contribution in [0.4, 0.5) is 0 Å². The first-order chi connectivity index (χ1) is 16.7. The number of fused-ring (bicyclic) bond motifs is 1. The van der Waals surface area contributed by atoms with Crippen molar-refractivity contribution < 1.29 is 4.74 Å². The van der Waals surface area contributed by atoms with Gasteiger partial charge in [0.15, 0.2) is 0 Å². The molecule has 0 fully saturated rings. The van der Waals surface area contributed by atoms with Crippen molar-refractivity contribution in [1.82, 2.24) is 19.7 Å². The molecular weight excluding hydrogens is 422 g/mol. The summed E-state index contributed by atoms with van der Waals surface area (Å²) >= 11 is 0. The fourth-order valence-electron chi connectivity index (χ4n) is 3.75. The lowest BCUT2D eigenvalue weighted by molar-refractivity contribution is 0.317. The van der Waals surface area contributed by atoms with E-state index in [0.717, 1.165) is 45.7 Å². The molecule has 0 aliphatic carbocycles. The fourth-order valence-corrected chi connectivity index (χ4v) is 3.75. The number of imidazole rings is 1. The number of benzene rings is 3. The van der Waals surface area contributed by atoms with Crippen molar-refractivity contribution in [2.75, 3.05) is 6.61 Å². The van der Waals surface area contributed by atoms with Crippen LogP contribution in [0.25, 0.3) is 39.6 Å². The van der Waals surface area contributed by atoms with Gasteiger partial charge in [0.2, 0.25) is 0 Å². The van der Waals surface area contributed by atoms with E-state index in [-0.39, 0.29) is 0 Å². The van der Waals surface area contributed by atoms with Crippen molar-refractivity contribution in [3.05, 3.63) is 96.4 Å². The number of aromatic nitrogens is 4. The third-order valence-corrected chi connectivity index (χ3v) is 5.43. The smallest absolute Gasteiger partial charge is 0.149 e. The van der Waals surface area contributed by atoms with Crippen LogP contribution in [0.2, 0.25) is 0 Å². The Labute approximate surface area is 197 Å². The molecule has 3 aromatic carbocycles. The average Bonchev–Trinajstić information content (AvgIpc) is 3.51. The molecule has 6 heteroatoms. The molecule has 34 heavy (non-hydrogen) atoms. The van der Waals surface area contributed by atoms with E-state index in [2.05, 4.69) is 23.0 Å². The van der Waals surface area contributed by atoms with Crippen molar-refractivity contribution in [3.63, 3.8) is 0 Å². The van der Waals surface area contributed by atoms with Crippen LogP contribution < -0.4 is 4.74 Å². The molecular formula is C28H23N5O. The van der Waals surface area contributed by atoms with Gasteiger partial charge in [-0.15, -0.1) is 0 Å². The molecule has 2 heterocycles. The number of rotatable bonds is 7. The van der Waals surface area contributed by atoms with E-state index in [4.69, 9.17) is 9.84 Å². The Morgan fingerprint density at radius 3 is 2.53 bits per heavy atom. The topological polar surface area (TPSA) is 79.5 Å². The van der Waals surface area contributed by atoms with Gasteiger partial charge in [-0.25, -0.2) is 9.67 Å². The van der Waals surface area contributed by atoms with Crippen LogP contribution in [0, 0.1) is 11.3 Å². The van der Waals surface area contributed by atoms with Crippen LogP contribution in [0.1, 0.15) is 24.7 Å². The Morgan fingerprint density at radius 2 is 1.79 bits per heavy atom. The summed E-state index contributed by atoms with van der Waals surface area (Å²) in [6.45, 7) is 2.76. The summed E-state index contributed by atoms with van der Waals surface area (Å²) in [5.41, 5.74) is 5.62. The van der Waals surface area contributed by atoms with Gasteiger partial charge >= 0.3 is 0 Å². The van der Waals surface area contributed by atoms with Crippen LogP contribution in [-0.4, -0.2) is 26.4 Å². The Balaban J connectivity index is 1.59. The van der Waals surface area contributed by atoms with Gasteiger partial charge in [-0.2, -0.15) is 10.4 Å². The predicted octanol–water partition coefficient (Wildman–Crippen LogP) is 6.27. The molecule has 0 aliphatic rings. The van der Waals surface area contributed by atoms with Gasteiger partial charge < -0.3 is 9.72 Å². The van der Waals surface area contributed by atoms with E-state index < -0.39 is 0 Å².